The SMILES string of the molecule is NC1CC(NC(=O)c2cc(C(F)(F)F)n(-c3ccccc3)n2)C12CCOCC2. The highest BCUT2D eigenvalue weighted by Crippen LogP contribution is 2.48. The van der Waals surface area contributed by atoms with Gasteiger partial charge in [0.25, 0.3) is 5.91 Å². The Morgan fingerprint density at radius 2 is 1.93 bits per heavy atom. The molecule has 2 fully saturated rings. The summed E-state index contributed by atoms with van der Waals surface area (Å²) in [4.78, 5) is 12.7. The van der Waals surface area contributed by atoms with Crippen molar-refractivity contribution >= 4 is 5.91 Å². The zero-order valence-electron chi connectivity index (χ0n) is 15.1. The van der Waals surface area contributed by atoms with Crippen molar-refractivity contribution in [1.82, 2.24) is 15.1 Å². The lowest BCUT2D eigenvalue weighted by atomic mass is 9.56. The fourth-order valence-corrected chi connectivity index (χ4v) is 4.19. The molecule has 2 unspecified atom stereocenters. The molecule has 2 heterocycles. The Labute approximate surface area is 159 Å². The van der Waals surface area contributed by atoms with Gasteiger partial charge in [0, 0.05) is 36.8 Å². The number of nitrogens with zero attached hydrogens (tertiary/aromatic N) is 2. The number of hydrogen-bond acceptors (Lipinski definition) is 4. The number of halogens is 3. The first-order chi connectivity index (χ1) is 13.3. The zero-order valence-corrected chi connectivity index (χ0v) is 15.1. The summed E-state index contributed by atoms with van der Waals surface area (Å²) in [6.45, 7) is 1.14. The fraction of sp³-hybridized carbons (Fsp3) is 0.474. The van der Waals surface area contributed by atoms with E-state index in [1.165, 1.54) is 12.1 Å². The molecular formula is C19H21F3N4O2. The highest BCUT2D eigenvalue weighted by Gasteiger charge is 2.54. The topological polar surface area (TPSA) is 82.2 Å². The van der Waals surface area contributed by atoms with Crippen molar-refractivity contribution in [3.8, 4) is 5.69 Å². The summed E-state index contributed by atoms with van der Waals surface area (Å²) in [5.74, 6) is -0.622. The van der Waals surface area contributed by atoms with Gasteiger partial charge >= 0.3 is 6.18 Å². The Hall–Kier alpha value is -2.39. The summed E-state index contributed by atoms with van der Waals surface area (Å²) in [5.41, 5.74) is 4.91. The number of amides is 1. The summed E-state index contributed by atoms with van der Waals surface area (Å²) >= 11 is 0. The smallest absolute Gasteiger partial charge is 0.381 e. The van der Waals surface area contributed by atoms with Crippen LogP contribution in [0.5, 0.6) is 0 Å². The molecule has 0 bridgehead atoms. The van der Waals surface area contributed by atoms with Gasteiger partial charge in [-0.05, 0) is 31.4 Å². The van der Waals surface area contributed by atoms with Gasteiger partial charge in [-0.15, -0.1) is 0 Å². The molecule has 150 valence electrons. The van der Waals surface area contributed by atoms with Crippen LogP contribution in [0.1, 0.15) is 35.4 Å². The predicted molar refractivity (Wildman–Crippen MR) is 94.9 cm³/mol. The molecule has 28 heavy (non-hydrogen) atoms. The lowest BCUT2D eigenvalue weighted by Crippen LogP contribution is -2.68. The van der Waals surface area contributed by atoms with Crippen LogP contribution in [0.2, 0.25) is 0 Å². The van der Waals surface area contributed by atoms with Gasteiger partial charge < -0.3 is 15.8 Å². The van der Waals surface area contributed by atoms with Crippen molar-refractivity contribution in [3.63, 3.8) is 0 Å². The molecule has 1 saturated heterocycles. The highest BCUT2D eigenvalue weighted by molar-refractivity contribution is 5.92. The minimum atomic E-state index is -4.64. The predicted octanol–water partition coefficient (Wildman–Crippen LogP) is 2.52. The summed E-state index contributed by atoms with van der Waals surface area (Å²) in [6, 6.07) is 8.49. The molecule has 2 aliphatic rings. The molecule has 1 spiro atoms. The Morgan fingerprint density at radius 3 is 2.54 bits per heavy atom. The van der Waals surface area contributed by atoms with E-state index in [1.54, 1.807) is 18.2 Å². The molecule has 1 aliphatic heterocycles. The summed E-state index contributed by atoms with van der Waals surface area (Å²) in [7, 11) is 0. The number of ether oxygens (including phenoxy) is 1. The van der Waals surface area contributed by atoms with Gasteiger partial charge in [0.1, 0.15) is 5.69 Å². The van der Waals surface area contributed by atoms with Crippen molar-refractivity contribution in [2.24, 2.45) is 11.1 Å². The van der Waals surface area contributed by atoms with Gasteiger partial charge in [-0.3, -0.25) is 4.79 Å². The van der Waals surface area contributed by atoms with Gasteiger partial charge in [0.05, 0.1) is 5.69 Å². The third-order valence-corrected chi connectivity index (χ3v) is 5.88. The number of carbonyl (C=O) groups excluding carboxylic acids is 1. The summed E-state index contributed by atoms with van der Waals surface area (Å²) < 4.78 is 46.5. The van der Waals surface area contributed by atoms with Crippen LogP contribution in [0, 0.1) is 5.41 Å². The Morgan fingerprint density at radius 1 is 1.25 bits per heavy atom. The van der Waals surface area contributed by atoms with E-state index in [1.807, 2.05) is 0 Å². The molecule has 2 aromatic rings. The molecule has 1 aromatic carbocycles. The molecule has 0 radical (unpaired) electrons. The van der Waals surface area contributed by atoms with Crippen molar-refractivity contribution in [1.29, 1.82) is 0 Å². The fourth-order valence-electron chi connectivity index (χ4n) is 4.19. The Balaban J connectivity index is 1.59. The van der Waals surface area contributed by atoms with E-state index in [4.69, 9.17) is 10.5 Å². The van der Waals surface area contributed by atoms with Crippen molar-refractivity contribution in [2.45, 2.75) is 37.5 Å². The van der Waals surface area contributed by atoms with E-state index < -0.39 is 17.8 Å². The van der Waals surface area contributed by atoms with Gasteiger partial charge in [-0.2, -0.15) is 18.3 Å². The Kier molecular flexibility index (Phi) is 4.67. The van der Waals surface area contributed by atoms with Crippen LogP contribution >= 0.6 is 0 Å². The molecule has 3 N–H and O–H groups in total. The summed E-state index contributed by atoms with van der Waals surface area (Å²) in [6.07, 6.45) is -2.59. The number of nitrogens with two attached hydrogens (primary N) is 1. The van der Waals surface area contributed by atoms with E-state index in [0.29, 0.717) is 19.6 Å². The molecule has 1 aromatic heterocycles. The maximum Gasteiger partial charge on any atom is 0.433 e. The number of carbonyl (C=O) groups is 1. The number of alkyl halides is 3. The second-order valence-electron chi connectivity index (χ2n) is 7.37. The van der Waals surface area contributed by atoms with Crippen LogP contribution in [-0.2, 0) is 10.9 Å². The normalized spacial score (nSPS) is 24.0. The number of nitrogens with one attached hydrogen (secondary N) is 1. The second-order valence-corrected chi connectivity index (χ2v) is 7.37. The van der Waals surface area contributed by atoms with Crippen LogP contribution in [0.3, 0.4) is 0 Å². The third kappa shape index (κ3) is 3.18. The maximum atomic E-state index is 13.5. The standard InChI is InChI=1S/C19H21F3N4O2/c20-19(21,22)16-10-13(25-26(16)12-4-2-1-3-5-12)17(27)24-15-11-14(23)18(15)6-8-28-9-7-18/h1-5,10,14-15H,6-9,11,23H2,(H,24,27). The number of aromatic nitrogens is 2. The van der Waals surface area contributed by atoms with E-state index in [9.17, 15) is 18.0 Å². The van der Waals surface area contributed by atoms with E-state index >= 15 is 0 Å². The van der Waals surface area contributed by atoms with Crippen molar-refractivity contribution in [3.05, 3.63) is 47.8 Å². The lowest BCUT2D eigenvalue weighted by Gasteiger charge is -2.56. The average Bonchev–Trinajstić information content (AvgIpc) is 3.15. The van der Waals surface area contributed by atoms with Crippen LogP contribution < -0.4 is 11.1 Å². The summed E-state index contributed by atoms with van der Waals surface area (Å²) in [5, 5.41) is 6.79. The van der Waals surface area contributed by atoms with Gasteiger partial charge in [0.2, 0.25) is 0 Å². The van der Waals surface area contributed by atoms with Crippen molar-refractivity contribution < 1.29 is 22.7 Å². The lowest BCUT2D eigenvalue weighted by molar-refractivity contribution is -0.142. The maximum absolute atomic E-state index is 13.5. The first-order valence-corrected chi connectivity index (χ1v) is 9.18. The second kappa shape index (κ2) is 6.89. The van der Waals surface area contributed by atoms with E-state index in [2.05, 4.69) is 10.4 Å². The molecule has 1 aliphatic carbocycles. The molecule has 6 nitrogen and oxygen atoms in total. The first-order valence-electron chi connectivity index (χ1n) is 9.18. The molecule has 9 heteroatoms. The zero-order chi connectivity index (χ0) is 19.9. The number of benzene rings is 1. The average molecular weight is 394 g/mol. The van der Waals surface area contributed by atoms with Crippen LogP contribution in [0.15, 0.2) is 36.4 Å². The van der Waals surface area contributed by atoms with Crippen LogP contribution in [0.25, 0.3) is 5.69 Å². The molecule has 1 saturated carbocycles. The molecular weight excluding hydrogens is 373 g/mol. The number of para-hydroxylation sites is 1. The van der Waals surface area contributed by atoms with Crippen LogP contribution in [-0.4, -0.2) is 41.0 Å². The van der Waals surface area contributed by atoms with E-state index in [0.717, 1.165) is 23.6 Å². The van der Waals surface area contributed by atoms with Gasteiger partial charge in [0.15, 0.2) is 5.69 Å². The Bertz CT molecular complexity index is 860. The third-order valence-electron chi connectivity index (χ3n) is 5.88. The molecule has 4 rings (SSSR count). The van der Waals surface area contributed by atoms with E-state index in [-0.39, 0.29) is 28.9 Å². The minimum Gasteiger partial charge on any atom is -0.381 e. The monoisotopic (exact) mass is 394 g/mol. The first kappa shape index (κ1) is 18.9. The number of rotatable bonds is 3. The van der Waals surface area contributed by atoms with Crippen molar-refractivity contribution in [2.75, 3.05) is 13.2 Å². The quantitative estimate of drug-likeness (QED) is 0.838. The molecule has 1 amide bonds. The van der Waals surface area contributed by atoms with Crippen LogP contribution in [0.4, 0.5) is 13.2 Å². The number of hydrogen-bond donors (Lipinski definition) is 2. The molecule has 2 atom stereocenters. The highest BCUT2D eigenvalue weighted by atomic mass is 19.4. The largest absolute Gasteiger partial charge is 0.433 e. The van der Waals surface area contributed by atoms with Gasteiger partial charge in [-0.25, -0.2) is 4.68 Å². The van der Waals surface area contributed by atoms with Gasteiger partial charge in [-0.1, -0.05) is 18.2 Å². The minimum absolute atomic E-state index is 0.0469.